The Kier molecular flexibility index (Phi) is 5.00. The third-order valence-electron chi connectivity index (χ3n) is 6.03. The zero-order valence-corrected chi connectivity index (χ0v) is 15.0. The van der Waals surface area contributed by atoms with Gasteiger partial charge in [0.2, 0.25) is 11.8 Å². The van der Waals surface area contributed by atoms with Crippen LogP contribution in [0.5, 0.6) is 0 Å². The summed E-state index contributed by atoms with van der Waals surface area (Å²) < 4.78 is 0. The molecule has 0 aromatic rings. The standard InChI is InChI=1S/C20H26N4O2/c25-19(23-21-17-11-13-5-3-7-15(13)17)9-1-2-10-20(26)24-22-18-12-14-6-4-8-16(14)18/h3-6,13-16H,1-2,7-12H2,(H,23,25)(H,24,26)/b21-17-,22-18+/t13-,14+,15-,16+/m0/s1. The summed E-state index contributed by atoms with van der Waals surface area (Å²) in [6.45, 7) is 0. The Labute approximate surface area is 153 Å². The van der Waals surface area contributed by atoms with Gasteiger partial charge in [-0.15, -0.1) is 0 Å². The zero-order valence-electron chi connectivity index (χ0n) is 15.0. The van der Waals surface area contributed by atoms with Crippen molar-refractivity contribution in [3.8, 4) is 0 Å². The Bertz CT molecular complexity index is 647. The highest BCUT2D eigenvalue weighted by Gasteiger charge is 2.38. The van der Waals surface area contributed by atoms with Gasteiger partial charge in [0.1, 0.15) is 0 Å². The molecule has 2 fully saturated rings. The first kappa shape index (κ1) is 17.2. The predicted molar refractivity (Wildman–Crippen MR) is 100 cm³/mol. The highest BCUT2D eigenvalue weighted by molar-refractivity contribution is 5.95. The Morgan fingerprint density at radius 3 is 1.73 bits per heavy atom. The number of nitrogens with one attached hydrogen (secondary N) is 2. The van der Waals surface area contributed by atoms with Gasteiger partial charge in [0.25, 0.3) is 0 Å². The van der Waals surface area contributed by atoms with Crippen molar-refractivity contribution in [1.29, 1.82) is 0 Å². The molecular weight excluding hydrogens is 328 g/mol. The van der Waals surface area contributed by atoms with Crippen LogP contribution in [-0.4, -0.2) is 23.2 Å². The van der Waals surface area contributed by atoms with Gasteiger partial charge in [-0.1, -0.05) is 24.3 Å². The molecule has 4 atom stereocenters. The van der Waals surface area contributed by atoms with Crippen molar-refractivity contribution < 1.29 is 9.59 Å². The fraction of sp³-hybridized carbons (Fsp3) is 0.600. The van der Waals surface area contributed by atoms with E-state index in [2.05, 4.69) is 45.4 Å². The van der Waals surface area contributed by atoms with Gasteiger partial charge in [0.15, 0.2) is 0 Å². The Balaban J connectivity index is 1.06. The number of carbonyl (C=O) groups is 2. The maximum absolute atomic E-state index is 11.8. The molecule has 0 aromatic carbocycles. The molecule has 0 saturated heterocycles. The number of fused-ring (bicyclic) bond motifs is 2. The Hall–Kier alpha value is -2.24. The largest absolute Gasteiger partial charge is 0.273 e. The van der Waals surface area contributed by atoms with Gasteiger partial charge >= 0.3 is 0 Å². The third-order valence-corrected chi connectivity index (χ3v) is 6.03. The van der Waals surface area contributed by atoms with Crippen LogP contribution in [0.25, 0.3) is 0 Å². The third kappa shape index (κ3) is 3.64. The monoisotopic (exact) mass is 354 g/mol. The van der Waals surface area contributed by atoms with E-state index < -0.39 is 0 Å². The number of rotatable bonds is 7. The van der Waals surface area contributed by atoms with Crippen LogP contribution in [0.15, 0.2) is 34.5 Å². The quantitative estimate of drug-likeness (QED) is 0.419. The normalized spacial score (nSPS) is 33.5. The van der Waals surface area contributed by atoms with Gasteiger partial charge in [0.05, 0.1) is 0 Å². The Morgan fingerprint density at radius 2 is 1.31 bits per heavy atom. The maximum atomic E-state index is 11.8. The molecule has 2 N–H and O–H groups in total. The Morgan fingerprint density at radius 1 is 0.846 bits per heavy atom. The fourth-order valence-electron chi connectivity index (χ4n) is 4.28. The van der Waals surface area contributed by atoms with Crippen LogP contribution < -0.4 is 10.9 Å². The lowest BCUT2D eigenvalue weighted by Crippen LogP contribution is -2.35. The molecule has 0 heterocycles. The number of carbonyl (C=O) groups excluding carboxylic acids is 2. The van der Waals surface area contributed by atoms with Gasteiger partial charge in [-0.3, -0.25) is 9.59 Å². The summed E-state index contributed by atoms with van der Waals surface area (Å²) in [7, 11) is 0. The summed E-state index contributed by atoms with van der Waals surface area (Å²) in [6.07, 6.45) is 15.1. The number of unbranched alkanes of at least 4 members (excludes halogenated alkanes) is 1. The fourth-order valence-corrected chi connectivity index (χ4v) is 4.28. The summed E-state index contributed by atoms with van der Waals surface area (Å²) in [5.74, 6) is 2.19. The van der Waals surface area contributed by atoms with Crippen LogP contribution in [-0.2, 0) is 9.59 Å². The van der Waals surface area contributed by atoms with E-state index >= 15 is 0 Å². The van der Waals surface area contributed by atoms with Crippen molar-refractivity contribution in [3.05, 3.63) is 24.3 Å². The highest BCUT2D eigenvalue weighted by Crippen LogP contribution is 2.40. The molecule has 2 saturated carbocycles. The summed E-state index contributed by atoms with van der Waals surface area (Å²) in [4.78, 5) is 23.7. The van der Waals surface area contributed by atoms with Gasteiger partial charge in [-0.2, -0.15) is 10.2 Å². The summed E-state index contributed by atoms with van der Waals surface area (Å²) in [6, 6.07) is 0. The molecule has 0 unspecified atom stereocenters. The molecule has 0 bridgehead atoms. The lowest BCUT2D eigenvalue weighted by molar-refractivity contribution is -0.123. The zero-order chi connectivity index (χ0) is 17.9. The molecule has 2 amide bonds. The molecule has 0 radical (unpaired) electrons. The van der Waals surface area contributed by atoms with Crippen molar-refractivity contribution in [2.75, 3.05) is 0 Å². The van der Waals surface area contributed by atoms with E-state index in [9.17, 15) is 9.59 Å². The minimum atomic E-state index is -0.0678. The van der Waals surface area contributed by atoms with Crippen molar-refractivity contribution in [2.45, 2.75) is 51.4 Å². The van der Waals surface area contributed by atoms with Crippen LogP contribution in [0.4, 0.5) is 0 Å². The van der Waals surface area contributed by atoms with Crippen molar-refractivity contribution in [2.24, 2.45) is 33.9 Å². The van der Waals surface area contributed by atoms with E-state index in [1.165, 1.54) is 0 Å². The van der Waals surface area contributed by atoms with Crippen molar-refractivity contribution >= 4 is 23.2 Å². The molecule has 6 nitrogen and oxygen atoms in total. The number of nitrogens with zero attached hydrogens (tertiary/aromatic N) is 2. The average Bonchev–Trinajstić information content (AvgIpc) is 3.15. The lowest BCUT2D eigenvalue weighted by Gasteiger charge is -2.31. The summed E-state index contributed by atoms with van der Waals surface area (Å²) >= 11 is 0. The molecule has 4 rings (SSSR count). The van der Waals surface area contributed by atoms with Gasteiger partial charge in [-0.05, 0) is 50.4 Å². The SMILES string of the molecule is O=C(CCCCC(=O)N/N=C1\C[C@H]2C=CC[C@@H]12)N/N=C1/C[C@@H]2C=CC[C@H]12. The van der Waals surface area contributed by atoms with E-state index in [0.29, 0.717) is 49.4 Å². The number of hydrogen-bond acceptors (Lipinski definition) is 4. The second-order valence-electron chi connectivity index (χ2n) is 7.76. The molecular formula is C20H26N4O2. The first-order valence-corrected chi connectivity index (χ1v) is 9.74. The molecule has 138 valence electrons. The van der Waals surface area contributed by atoms with E-state index in [-0.39, 0.29) is 11.8 Å². The van der Waals surface area contributed by atoms with Crippen LogP contribution in [0, 0.1) is 23.7 Å². The minimum Gasteiger partial charge on any atom is -0.273 e. The highest BCUT2D eigenvalue weighted by atomic mass is 16.2. The minimum absolute atomic E-state index is 0.0678. The first-order chi connectivity index (χ1) is 12.7. The average molecular weight is 354 g/mol. The number of hydrazone groups is 2. The van der Waals surface area contributed by atoms with E-state index in [4.69, 9.17) is 0 Å². The first-order valence-electron chi connectivity index (χ1n) is 9.74. The van der Waals surface area contributed by atoms with Crippen LogP contribution in [0.2, 0.25) is 0 Å². The van der Waals surface area contributed by atoms with Crippen LogP contribution in [0.1, 0.15) is 51.4 Å². The second-order valence-corrected chi connectivity index (χ2v) is 7.76. The number of hydrogen-bond donors (Lipinski definition) is 2. The summed E-state index contributed by atoms with van der Waals surface area (Å²) in [5, 5.41) is 8.50. The molecule has 4 aliphatic rings. The van der Waals surface area contributed by atoms with Crippen molar-refractivity contribution in [1.82, 2.24) is 10.9 Å². The molecule has 0 spiro atoms. The lowest BCUT2D eigenvalue weighted by atomic mass is 9.74. The molecule has 6 heteroatoms. The van der Waals surface area contributed by atoms with E-state index in [1.807, 2.05) is 0 Å². The van der Waals surface area contributed by atoms with Gasteiger partial charge in [0, 0.05) is 36.1 Å². The van der Waals surface area contributed by atoms with Gasteiger partial charge in [-0.25, -0.2) is 10.9 Å². The summed E-state index contributed by atoms with van der Waals surface area (Å²) in [5.41, 5.74) is 7.54. The van der Waals surface area contributed by atoms with Gasteiger partial charge < -0.3 is 0 Å². The molecule has 0 aliphatic heterocycles. The maximum Gasteiger partial charge on any atom is 0.240 e. The number of allylic oxidation sites excluding steroid dienone is 4. The topological polar surface area (TPSA) is 82.9 Å². The predicted octanol–water partition coefficient (Wildman–Crippen LogP) is 2.68. The van der Waals surface area contributed by atoms with Crippen molar-refractivity contribution in [3.63, 3.8) is 0 Å². The second kappa shape index (κ2) is 7.56. The van der Waals surface area contributed by atoms with E-state index in [0.717, 1.165) is 37.1 Å². The van der Waals surface area contributed by atoms with E-state index in [1.54, 1.807) is 0 Å². The molecule has 26 heavy (non-hydrogen) atoms. The smallest absolute Gasteiger partial charge is 0.240 e. The van der Waals surface area contributed by atoms with Crippen LogP contribution >= 0.6 is 0 Å². The number of amides is 2. The molecule has 0 aromatic heterocycles. The molecule has 4 aliphatic carbocycles. The van der Waals surface area contributed by atoms with Crippen LogP contribution in [0.3, 0.4) is 0 Å².